The number of para-hydroxylation sites is 1. The van der Waals surface area contributed by atoms with Crippen LogP contribution in [-0.2, 0) is 9.53 Å². The van der Waals surface area contributed by atoms with Gasteiger partial charge in [-0.25, -0.2) is 0 Å². The van der Waals surface area contributed by atoms with Gasteiger partial charge in [0, 0.05) is 12.1 Å². The van der Waals surface area contributed by atoms with Gasteiger partial charge in [-0.15, -0.1) is 0 Å². The highest BCUT2D eigenvalue weighted by molar-refractivity contribution is 5.91. The second-order valence-electron chi connectivity index (χ2n) is 3.81. The summed E-state index contributed by atoms with van der Waals surface area (Å²) in [5.74, 6) is 0.691. The van der Waals surface area contributed by atoms with Gasteiger partial charge in [-0.1, -0.05) is 24.8 Å². The molecule has 0 fully saturated rings. The quantitative estimate of drug-likeness (QED) is 0.564. The van der Waals surface area contributed by atoms with Crippen molar-refractivity contribution in [1.82, 2.24) is 5.32 Å². The van der Waals surface area contributed by atoms with Crippen molar-refractivity contribution < 1.29 is 14.3 Å². The second kappa shape index (κ2) is 8.31. The Bertz CT molecular complexity index is 376. The van der Waals surface area contributed by atoms with E-state index in [4.69, 9.17) is 9.47 Å². The van der Waals surface area contributed by atoms with E-state index >= 15 is 0 Å². The summed E-state index contributed by atoms with van der Waals surface area (Å²) in [5.41, 5.74) is 0.502. The number of carbonyl (C=O) groups excluding carboxylic acids is 1. The van der Waals surface area contributed by atoms with Crippen molar-refractivity contribution in [2.24, 2.45) is 0 Å². The summed E-state index contributed by atoms with van der Waals surface area (Å²) < 4.78 is 10.8. The highest BCUT2D eigenvalue weighted by atomic mass is 16.5. The molecule has 0 spiro atoms. The molecule has 0 aliphatic carbocycles. The molecule has 1 aromatic rings. The Morgan fingerprint density at radius 1 is 1.22 bits per heavy atom. The van der Waals surface area contributed by atoms with Crippen LogP contribution in [0.25, 0.3) is 0 Å². The molecule has 1 rings (SSSR count). The molecule has 0 saturated heterocycles. The fourth-order valence-corrected chi connectivity index (χ4v) is 1.22. The topological polar surface area (TPSA) is 47.6 Å². The van der Waals surface area contributed by atoms with Gasteiger partial charge in [-0.2, -0.15) is 0 Å². The lowest BCUT2D eigenvalue weighted by atomic mass is 10.3. The van der Waals surface area contributed by atoms with Gasteiger partial charge in [-0.3, -0.25) is 4.79 Å². The first-order chi connectivity index (χ1) is 8.70. The number of ether oxygens (including phenoxy) is 2. The molecule has 1 N–H and O–H groups in total. The Morgan fingerprint density at radius 2 is 1.94 bits per heavy atom. The van der Waals surface area contributed by atoms with Crippen LogP contribution in [0.5, 0.6) is 5.75 Å². The van der Waals surface area contributed by atoms with Crippen molar-refractivity contribution in [2.45, 2.75) is 6.92 Å². The van der Waals surface area contributed by atoms with E-state index in [1.165, 1.54) is 0 Å². The number of amides is 1. The van der Waals surface area contributed by atoms with Gasteiger partial charge in [0.2, 0.25) is 5.91 Å². The summed E-state index contributed by atoms with van der Waals surface area (Å²) in [4.78, 5) is 11.1. The van der Waals surface area contributed by atoms with Gasteiger partial charge in [-0.05, 0) is 19.1 Å². The molecule has 0 unspecified atom stereocenters. The van der Waals surface area contributed by atoms with Crippen LogP contribution in [-0.4, -0.2) is 32.3 Å². The second-order valence-corrected chi connectivity index (χ2v) is 3.81. The summed E-state index contributed by atoms with van der Waals surface area (Å²) in [7, 11) is 0. The normalized spacial score (nSPS) is 9.83. The Hall–Kier alpha value is -1.81. The number of carbonyl (C=O) groups is 1. The molecule has 18 heavy (non-hydrogen) atoms. The Morgan fingerprint density at radius 3 is 2.61 bits per heavy atom. The van der Waals surface area contributed by atoms with E-state index < -0.39 is 0 Å². The number of nitrogens with one attached hydrogen (secondary N) is 1. The van der Waals surface area contributed by atoms with Gasteiger partial charge in [0.1, 0.15) is 12.4 Å². The first-order valence-corrected chi connectivity index (χ1v) is 5.89. The molecule has 98 valence electrons. The number of rotatable bonds is 8. The smallest absolute Gasteiger partial charge is 0.246 e. The van der Waals surface area contributed by atoms with Crippen molar-refractivity contribution >= 4 is 5.91 Å². The molecule has 0 aliphatic heterocycles. The van der Waals surface area contributed by atoms with Gasteiger partial charge in [0.15, 0.2) is 0 Å². The number of hydrogen-bond acceptors (Lipinski definition) is 3. The summed E-state index contributed by atoms with van der Waals surface area (Å²) in [6.07, 6.45) is 0. The summed E-state index contributed by atoms with van der Waals surface area (Å²) >= 11 is 0. The van der Waals surface area contributed by atoms with Crippen molar-refractivity contribution in [2.75, 3.05) is 26.4 Å². The molecule has 4 nitrogen and oxygen atoms in total. The zero-order chi connectivity index (χ0) is 13.2. The first kappa shape index (κ1) is 14.3. The van der Waals surface area contributed by atoms with Crippen LogP contribution in [0.4, 0.5) is 0 Å². The maximum Gasteiger partial charge on any atom is 0.246 e. The maximum atomic E-state index is 11.1. The molecular formula is C14H19NO3. The predicted molar refractivity (Wildman–Crippen MR) is 70.6 cm³/mol. The van der Waals surface area contributed by atoms with Crippen LogP contribution in [0.2, 0.25) is 0 Å². The van der Waals surface area contributed by atoms with Gasteiger partial charge >= 0.3 is 0 Å². The molecule has 0 bridgehead atoms. The lowest BCUT2D eigenvalue weighted by molar-refractivity contribution is -0.117. The number of hydrogen-bond donors (Lipinski definition) is 1. The Kier molecular flexibility index (Phi) is 6.58. The third-order valence-electron chi connectivity index (χ3n) is 2.16. The number of benzene rings is 1. The monoisotopic (exact) mass is 249 g/mol. The van der Waals surface area contributed by atoms with Gasteiger partial charge < -0.3 is 14.8 Å². The molecule has 0 radical (unpaired) electrons. The highest BCUT2D eigenvalue weighted by Crippen LogP contribution is 2.07. The minimum Gasteiger partial charge on any atom is -0.491 e. The van der Waals surface area contributed by atoms with E-state index in [1.807, 2.05) is 30.3 Å². The molecule has 0 saturated carbocycles. The minimum atomic E-state index is -0.140. The Labute approximate surface area is 108 Å². The third-order valence-corrected chi connectivity index (χ3v) is 2.16. The van der Waals surface area contributed by atoms with Gasteiger partial charge in [0.05, 0.1) is 13.2 Å². The average Bonchev–Trinajstić information content (AvgIpc) is 2.38. The van der Waals surface area contributed by atoms with Crippen molar-refractivity contribution in [3.05, 3.63) is 42.5 Å². The molecule has 0 heterocycles. The van der Waals surface area contributed by atoms with E-state index in [9.17, 15) is 4.79 Å². The lowest BCUT2D eigenvalue weighted by Crippen LogP contribution is -2.27. The maximum absolute atomic E-state index is 11.1. The third kappa shape index (κ3) is 6.06. The Balaban J connectivity index is 1.96. The average molecular weight is 249 g/mol. The van der Waals surface area contributed by atoms with Crippen molar-refractivity contribution in [3.63, 3.8) is 0 Å². The zero-order valence-corrected chi connectivity index (χ0v) is 10.6. The molecule has 1 amide bonds. The van der Waals surface area contributed by atoms with Crippen LogP contribution in [0.1, 0.15) is 6.92 Å². The van der Waals surface area contributed by atoms with E-state index in [1.54, 1.807) is 6.92 Å². The molecule has 0 aromatic heterocycles. The largest absolute Gasteiger partial charge is 0.491 e. The SMILES string of the molecule is C=C(C)C(=O)NCCOCCOc1ccccc1. The standard InChI is InChI=1S/C14H19NO3/c1-12(2)14(16)15-8-9-17-10-11-18-13-6-4-3-5-7-13/h3-7H,1,8-11H2,2H3,(H,15,16). The fraction of sp³-hybridized carbons (Fsp3) is 0.357. The van der Waals surface area contributed by atoms with E-state index in [0.717, 1.165) is 5.75 Å². The van der Waals surface area contributed by atoms with E-state index in [-0.39, 0.29) is 5.91 Å². The van der Waals surface area contributed by atoms with Crippen molar-refractivity contribution in [3.8, 4) is 5.75 Å². The fourth-order valence-electron chi connectivity index (χ4n) is 1.22. The molecule has 4 heteroatoms. The molecule has 0 aliphatic rings. The molecular weight excluding hydrogens is 230 g/mol. The molecule has 0 atom stereocenters. The highest BCUT2D eigenvalue weighted by Gasteiger charge is 1.99. The minimum absolute atomic E-state index is 0.140. The van der Waals surface area contributed by atoms with Crippen LogP contribution < -0.4 is 10.1 Å². The lowest BCUT2D eigenvalue weighted by Gasteiger charge is -2.07. The van der Waals surface area contributed by atoms with Crippen LogP contribution in [0.15, 0.2) is 42.5 Å². The van der Waals surface area contributed by atoms with Gasteiger partial charge in [0.25, 0.3) is 0 Å². The summed E-state index contributed by atoms with van der Waals surface area (Å²) in [6.45, 7) is 7.16. The van der Waals surface area contributed by atoms with Crippen molar-refractivity contribution in [1.29, 1.82) is 0 Å². The molecule has 1 aromatic carbocycles. The zero-order valence-electron chi connectivity index (χ0n) is 10.6. The van der Waals surface area contributed by atoms with E-state index in [2.05, 4.69) is 11.9 Å². The van der Waals surface area contributed by atoms with E-state index in [0.29, 0.717) is 31.9 Å². The summed E-state index contributed by atoms with van der Waals surface area (Å²) in [5, 5.41) is 2.69. The van der Waals surface area contributed by atoms with Crippen LogP contribution in [0, 0.1) is 0 Å². The summed E-state index contributed by atoms with van der Waals surface area (Å²) in [6, 6.07) is 9.57. The van der Waals surface area contributed by atoms with Crippen LogP contribution in [0.3, 0.4) is 0 Å². The first-order valence-electron chi connectivity index (χ1n) is 5.89. The predicted octanol–water partition coefficient (Wildman–Crippen LogP) is 1.77. The van der Waals surface area contributed by atoms with Crippen LogP contribution >= 0.6 is 0 Å².